The van der Waals surface area contributed by atoms with Crippen molar-refractivity contribution in [3.05, 3.63) is 35.1 Å². The van der Waals surface area contributed by atoms with Crippen molar-refractivity contribution in [2.75, 3.05) is 19.6 Å². The Morgan fingerprint density at radius 3 is 2.39 bits per heavy atom. The monoisotopic (exact) mass is 253 g/mol. The minimum absolute atomic E-state index is 0.468. The third kappa shape index (κ3) is 3.05. The van der Waals surface area contributed by atoms with E-state index in [0.717, 1.165) is 38.1 Å². The molecule has 0 N–H and O–H groups in total. The lowest BCUT2D eigenvalue weighted by molar-refractivity contribution is 0.255. The minimum Gasteiger partial charge on any atom is -0.292 e. The molecule has 1 aliphatic heterocycles. The molecule has 0 atom stereocenters. The van der Waals surface area contributed by atoms with Gasteiger partial charge in [0.1, 0.15) is 5.82 Å². The van der Waals surface area contributed by atoms with Gasteiger partial charge in [-0.3, -0.25) is 4.90 Å². The normalized spacial score (nSPS) is 16.2. The lowest BCUT2D eigenvalue weighted by Gasteiger charge is -2.23. The third-order valence-corrected chi connectivity index (χ3v) is 3.01. The topological polar surface area (TPSA) is 3.24 Å². The molecule has 0 aliphatic carbocycles. The van der Waals surface area contributed by atoms with E-state index in [9.17, 15) is 13.2 Å². The highest BCUT2D eigenvalue weighted by molar-refractivity contribution is 5.37. The Bertz CT molecular complexity index is 482. The standard InChI is InChI=1S/C14H14F3N/c15-12-6-7-13(16)14(17)11(12)5-4-10-18-8-2-1-3-9-18/h6-7H,1-3,8-10H2. The number of nitrogens with zero attached hydrogens (tertiary/aromatic N) is 1. The van der Waals surface area contributed by atoms with Crippen LogP contribution >= 0.6 is 0 Å². The fraction of sp³-hybridized carbons (Fsp3) is 0.429. The Kier molecular flexibility index (Phi) is 4.27. The smallest absolute Gasteiger partial charge is 0.177 e. The summed E-state index contributed by atoms with van der Waals surface area (Å²) in [6.45, 7) is 2.39. The molecule has 4 heteroatoms. The van der Waals surface area contributed by atoms with E-state index in [1.54, 1.807) is 0 Å². The zero-order valence-corrected chi connectivity index (χ0v) is 9.98. The Morgan fingerprint density at radius 2 is 1.67 bits per heavy atom. The summed E-state index contributed by atoms with van der Waals surface area (Å²) >= 11 is 0. The Labute approximate surface area is 105 Å². The SMILES string of the molecule is Fc1ccc(F)c(C#CCN2CCCCC2)c1F. The molecule has 1 aliphatic rings. The van der Waals surface area contributed by atoms with Gasteiger partial charge in [-0.1, -0.05) is 18.3 Å². The van der Waals surface area contributed by atoms with E-state index in [0.29, 0.717) is 6.54 Å². The first kappa shape index (κ1) is 13.0. The number of benzene rings is 1. The van der Waals surface area contributed by atoms with Crippen LogP contribution in [0.25, 0.3) is 0 Å². The van der Waals surface area contributed by atoms with E-state index in [1.807, 2.05) is 0 Å². The van der Waals surface area contributed by atoms with Gasteiger partial charge in [-0.05, 0) is 38.1 Å². The average Bonchev–Trinajstić information content (AvgIpc) is 2.39. The van der Waals surface area contributed by atoms with Crippen LogP contribution in [-0.2, 0) is 0 Å². The summed E-state index contributed by atoms with van der Waals surface area (Å²) in [5.41, 5.74) is -0.480. The number of likely N-dealkylation sites (tertiary alicyclic amines) is 1. The molecule has 0 unspecified atom stereocenters. The summed E-state index contributed by atoms with van der Waals surface area (Å²) in [4.78, 5) is 2.13. The summed E-state index contributed by atoms with van der Waals surface area (Å²) in [7, 11) is 0. The van der Waals surface area contributed by atoms with Crippen molar-refractivity contribution >= 4 is 0 Å². The van der Waals surface area contributed by atoms with Gasteiger partial charge in [-0.2, -0.15) is 0 Å². The van der Waals surface area contributed by atoms with Crippen LogP contribution in [0.15, 0.2) is 12.1 Å². The van der Waals surface area contributed by atoms with E-state index in [-0.39, 0.29) is 0 Å². The summed E-state index contributed by atoms with van der Waals surface area (Å²) in [5, 5.41) is 0. The van der Waals surface area contributed by atoms with Gasteiger partial charge in [0.25, 0.3) is 0 Å². The Morgan fingerprint density at radius 1 is 1.00 bits per heavy atom. The maximum Gasteiger partial charge on any atom is 0.177 e. The van der Waals surface area contributed by atoms with Gasteiger partial charge in [-0.15, -0.1) is 0 Å². The van der Waals surface area contributed by atoms with Gasteiger partial charge in [-0.25, -0.2) is 13.2 Å². The van der Waals surface area contributed by atoms with Crippen LogP contribution in [0.4, 0.5) is 13.2 Å². The molecule has 0 bridgehead atoms. The van der Waals surface area contributed by atoms with Crippen molar-refractivity contribution in [2.24, 2.45) is 0 Å². The van der Waals surface area contributed by atoms with Gasteiger partial charge in [0.15, 0.2) is 11.6 Å². The molecule has 2 rings (SSSR count). The first-order valence-electron chi connectivity index (χ1n) is 6.03. The first-order chi connectivity index (χ1) is 8.68. The van der Waals surface area contributed by atoms with Crippen LogP contribution < -0.4 is 0 Å². The molecule has 1 fully saturated rings. The highest BCUT2D eigenvalue weighted by Gasteiger charge is 2.12. The fourth-order valence-electron chi connectivity index (χ4n) is 2.00. The van der Waals surface area contributed by atoms with Crippen LogP contribution in [0, 0.1) is 29.3 Å². The van der Waals surface area contributed by atoms with E-state index in [4.69, 9.17) is 0 Å². The quantitative estimate of drug-likeness (QED) is 0.549. The van der Waals surface area contributed by atoms with Gasteiger partial charge < -0.3 is 0 Å². The largest absolute Gasteiger partial charge is 0.292 e. The molecular formula is C14H14F3N. The lowest BCUT2D eigenvalue weighted by Crippen LogP contribution is -2.29. The van der Waals surface area contributed by atoms with Crippen molar-refractivity contribution < 1.29 is 13.2 Å². The summed E-state index contributed by atoms with van der Waals surface area (Å²) in [6, 6.07) is 1.66. The highest BCUT2D eigenvalue weighted by atomic mass is 19.2. The number of rotatable bonds is 1. The molecule has 1 saturated heterocycles. The predicted octanol–water partition coefficient (Wildman–Crippen LogP) is 2.94. The molecule has 0 amide bonds. The Hall–Kier alpha value is -1.47. The van der Waals surface area contributed by atoms with Crippen LogP contribution in [0.2, 0.25) is 0 Å². The number of halogens is 3. The average molecular weight is 253 g/mol. The van der Waals surface area contributed by atoms with Crippen LogP contribution in [0.1, 0.15) is 24.8 Å². The van der Waals surface area contributed by atoms with Crippen molar-refractivity contribution in [3.63, 3.8) is 0 Å². The van der Waals surface area contributed by atoms with Crippen LogP contribution in [0.5, 0.6) is 0 Å². The second kappa shape index (κ2) is 5.92. The molecule has 1 aromatic rings. The van der Waals surface area contributed by atoms with E-state index in [1.165, 1.54) is 6.42 Å². The fourth-order valence-corrected chi connectivity index (χ4v) is 2.00. The van der Waals surface area contributed by atoms with E-state index >= 15 is 0 Å². The van der Waals surface area contributed by atoms with Gasteiger partial charge in [0.2, 0.25) is 0 Å². The Balaban J connectivity index is 2.07. The number of hydrogen-bond donors (Lipinski definition) is 0. The summed E-state index contributed by atoms with van der Waals surface area (Å²) in [5.74, 6) is 2.00. The highest BCUT2D eigenvalue weighted by Crippen LogP contribution is 2.14. The molecule has 1 nitrogen and oxygen atoms in total. The molecule has 18 heavy (non-hydrogen) atoms. The molecule has 0 radical (unpaired) electrons. The van der Waals surface area contributed by atoms with Gasteiger partial charge >= 0.3 is 0 Å². The second-order valence-corrected chi connectivity index (χ2v) is 4.36. The summed E-state index contributed by atoms with van der Waals surface area (Å²) < 4.78 is 39.5. The van der Waals surface area contributed by atoms with E-state index in [2.05, 4.69) is 16.7 Å². The van der Waals surface area contributed by atoms with E-state index < -0.39 is 23.0 Å². The molecule has 96 valence electrons. The number of hydrogen-bond acceptors (Lipinski definition) is 1. The maximum absolute atomic E-state index is 13.3. The molecule has 0 spiro atoms. The zero-order chi connectivity index (χ0) is 13.0. The first-order valence-corrected chi connectivity index (χ1v) is 6.03. The molecule has 1 aromatic carbocycles. The second-order valence-electron chi connectivity index (χ2n) is 4.36. The molecule has 1 heterocycles. The van der Waals surface area contributed by atoms with Crippen LogP contribution in [0.3, 0.4) is 0 Å². The van der Waals surface area contributed by atoms with Crippen molar-refractivity contribution in [2.45, 2.75) is 19.3 Å². The van der Waals surface area contributed by atoms with Crippen molar-refractivity contribution in [1.29, 1.82) is 0 Å². The summed E-state index contributed by atoms with van der Waals surface area (Å²) in [6.07, 6.45) is 3.48. The van der Waals surface area contributed by atoms with Gasteiger partial charge in [0, 0.05) is 0 Å². The van der Waals surface area contributed by atoms with Crippen molar-refractivity contribution in [3.8, 4) is 11.8 Å². The molecule has 0 saturated carbocycles. The lowest BCUT2D eigenvalue weighted by atomic mass is 10.1. The number of piperidine rings is 1. The minimum atomic E-state index is -1.21. The molecule has 0 aromatic heterocycles. The molecular weight excluding hydrogens is 239 g/mol. The van der Waals surface area contributed by atoms with Crippen molar-refractivity contribution in [1.82, 2.24) is 4.90 Å². The predicted molar refractivity (Wildman–Crippen MR) is 63.5 cm³/mol. The van der Waals surface area contributed by atoms with Gasteiger partial charge in [0.05, 0.1) is 12.1 Å². The van der Waals surface area contributed by atoms with Crippen LogP contribution in [-0.4, -0.2) is 24.5 Å². The zero-order valence-electron chi connectivity index (χ0n) is 9.98. The maximum atomic E-state index is 13.3. The third-order valence-electron chi connectivity index (χ3n) is 3.01.